The summed E-state index contributed by atoms with van der Waals surface area (Å²) in [6.45, 7) is 14.3. The number of fused-ring (bicyclic) bond motifs is 1. The van der Waals surface area contributed by atoms with Gasteiger partial charge in [-0.15, -0.1) is 6.58 Å². The molecule has 2 aromatic carbocycles. The summed E-state index contributed by atoms with van der Waals surface area (Å²) in [5.41, 5.74) is -1.85. The second kappa shape index (κ2) is 15.0. The fourth-order valence-corrected chi connectivity index (χ4v) is 9.59. The third kappa shape index (κ3) is 8.55. The standard InChI is InChI=1S/C43H54N6O8S/c1-8-28-24-43(28,38(52)48-58(54,55)42(20-21-42)23-26-18-19-26)47-35(50)32-22-29(25-49(32)37(51)33(40(2,3)4)45-39(53)57-41(5,6)7)56-36-30-16-12-13-17-31(30)44-34(46-36)27-14-10-9-11-15-27/h8-17,26,28-29,32-33H,1,18-25H2,2-7H3,(H,45,53)(H,47,50)(H,48,52)/t28-,29-,32+,33-,43-/m1/s1. The van der Waals surface area contributed by atoms with Crippen LogP contribution < -0.4 is 20.1 Å². The lowest BCUT2D eigenvalue weighted by Crippen LogP contribution is -2.60. The number of hydrogen-bond acceptors (Lipinski definition) is 10. The molecule has 3 N–H and O–H groups in total. The maximum absolute atomic E-state index is 14.7. The molecule has 5 atom stereocenters. The van der Waals surface area contributed by atoms with Gasteiger partial charge in [-0.3, -0.25) is 19.1 Å². The predicted molar refractivity (Wildman–Crippen MR) is 218 cm³/mol. The average Bonchev–Trinajstić information content (AvgIpc) is 4.10. The number of amides is 4. The van der Waals surface area contributed by atoms with E-state index in [9.17, 15) is 27.6 Å². The summed E-state index contributed by atoms with van der Waals surface area (Å²) < 4.78 is 40.7. The molecule has 1 saturated heterocycles. The van der Waals surface area contributed by atoms with Crippen molar-refractivity contribution in [2.75, 3.05) is 6.54 Å². The van der Waals surface area contributed by atoms with Crippen LogP contribution in [-0.2, 0) is 29.1 Å². The van der Waals surface area contributed by atoms with Crippen LogP contribution in [0.1, 0.15) is 86.5 Å². The summed E-state index contributed by atoms with van der Waals surface area (Å²) in [5, 5.41) is 6.23. The molecule has 4 aliphatic rings. The number of benzene rings is 2. The van der Waals surface area contributed by atoms with Crippen molar-refractivity contribution in [2.24, 2.45) is 17.3 Å². The van der Waals surface area contributed by atoms with Crippen molar-refractivity contribution < 1.29 is 37.1 Å². The van der Waals surface area contributed by atoms with Crippen molar-refractivity contribution >= 4 is 44.7 Å². The van der Waals surface area contributed by atoms with E-state index >= 15 is 0 Å². The molecular formula is C43H54N6O8S. The van der Waals surface area contributed by atoms with Crippen LogP contribution in [0.3, 0.4) is 0 Å². The van der Waals surface area contributed by atoms with E-state index in [1.165, 1.54) is 11.0 Å². The minimum absolute atomic E-state index is 0.000866. The molecule has 310 valence electrons. The number of alkyl carbamates (subject to hydrolysis) is 1. The van der Waals surface area contributed by atoms with E-state index in [1.807, 2.05) is 54.6 Å². The molecule has 3 saturated carbocycles. The number of nitrogens with one attached hydrogen (secondary N) is 3. The van der Waals surface area contributed by atoms with Crippen LogP contribution in [0, 0.1) is 17.3 Å². The van der Waals surface area contributed by atoms with Gasteiger partial charge in [0, 0.05) is 17.9 Å². The van der Waals surface area contributed by atoms with Gasteiger partial charge >= 0.3 is 6.09 Å². The predicted octanol–water partition coefficient (Wildman–Crippen LogP) is 5.42. The fraction of sp³-hybridized carbons (Fsp3) is 0.535. The summed E-state index contributed by atoms with van der Waals surface area (Å²) in [5.74, 6) is -1.55. The lowest BCUT2D eigenvalue weighted by atomic mass is 9.85. The van der Waals surface area contributed by atoms with Gasteiger partial charge < -0.3 is 25.0 Å². The summed E-state index contributed by atoms with van der Waals surface area (Å²) in [6, 6.07) is 14.5. The maximum atomic E-state index is 14.7. The number of hydrogen-bond donors (Lipinski definition) is 3. The van der Waals surface area contributed by atoms with Crippen LogP contribution in [0.2, 0.25) is 0 Å². The van der Waals surface area contributed by atoms with E-state index < -0.39 is 79.2 Å². The Morgan fingerprint density at radius 2 is 1.66 bits per heavy atom. The summed E-state index contributed by atoms with van der Waals surface area (Å²) in [6.07, 6.45) is 3.55. The second-order valence-corrected chi connectivity index (χ2v) is 20.5. The van der Waals surface area contributed by atoms with E-state index in [4.69, 9.17) is 19.4 Å². The van der Waals surface area contributed by atoms with Crippen molar-refractivity contribution in [1.82, 2.24) is 30.2 Å². The van der Waals surface area contributed by atoms with E-state index in [0.29, 0.717) is 41.9 Å². The van der Waals surface area contributed by atoms with Crippen LogP contribution in [0.5, 0.6) is 5.88 Å². The lowest BCUT2D eigenvalue weighted by Gasteiger charge is -2.36. The van der Waals surface area contributed by atoms with Gasteiger partial charge in [-0.05, 0) is 69.9 Å². The lowest BCUT2D eigenvalue weighted by molar-refractivity contribution is -0.143. The fourth-order valence-electron chi connectivity index (χ4n) is 7.85. The van der Waals surface area contributed by atoms with Crippen molar-refractivity contribution in [3.8, 4) is 17.3 Å². The van der Waals surface area contributed by atoms with Gasteiger partial charge in [0.05, 0.1) is 22.2 Å². The van der Waals surface area contributed by atoms with Gasteiger partial charge in [0.15, 0.2) is 5.82 Å². The molecule has 1 aliphatic heterocycles. The summed E-state index contributed by atoms with van der Waals surface area (Å²) >= 11 is 0. The Bertz CT molecular complexity index is 2230. The van der Waals surface area contributed by atoms with Gasteiger partial charge in [0.25, 0.3) is 5.91 Å². The molecule has 4 amide bonds. The van der Waals surface area contributed by atoms with E-state index in [0.717, 1.165) is 18.4 Å². The Morgan fingerprint density at radius 1 is 0.983 bits per heavy atom. The maximum Gasteiger partial charge on any atom is 0.408 e. The van der Waals surface area contributed by atoms with Crippen molar-refractivity contribution in [3.05, 3.63) is 67.3 Å². The summed E-state index contributed by atoms with van der Waals surface area (Å²) in [4.78, 5) is 67.3. The zero-order valence-corrected chi connectivity index (χ0v) is 34.9. The van der Waals surface area contributed by atoms with Crippen molar-refractivity contribution in [3.63, 3.8) is 0 Å². The van der Waals surface area contributed by atoms with Gasteiger partial charge in [0.1, 0.15) is 29.3 Å². The average molecular weight is 815 g/mol. The number of likely N-dealkylation sites (tertiary alicyclic amines) is 1. The first-order valence-electron chi connectivity index (χ1n) is 20.0. The second-order valence-electron chi connectivity index (χ2n) is 18.4. The molecule has 58 heavy (non-hydrogen) atoms. The van der Waals surface area contributed by atoms with Gasteiger partial charge in [-0.2, -0.15) is 4.98 Å². The molecule has 0 spiro atoms. The molecule has 14 nitrogen and oxygen atoms in total. The normalized spacial score (nSPS) is 24.3. The first kappa shape index (κ1) is 41.1. The number of rotatable bonds is 13. The number of sulfonamides is 1. The number of para-hydroxylation sites is 1. The quantitative estimate of drug-likeness (QED) is 0.188. The Kier molecular flexibility index (Phi) is 10.6. The highest BCUT2D eigenvalue weighted by molar-refractivity contribution is 7.91. The largest absolute Gasteiger partial charge is 0.472 e. The highest BCUT2D eigenvalue weighted by Crippen LogP contribution is 2.53. The molecule has 0 radical (unpaired) electrons. The van der Waals surface area contributed by atoms with Gasteiger partial charge in [-0.25, -0.2) is 18.2 Å². The van der Waals surface area contributed by atoms with Crippen LogP contribution in [-0.4, -0.2) is 87.7 Å². The topological polar surface area (TPSA) is 186 Å². The van der Waals surface area contributed by atoms with Crippen molar-refractivity contribution in [1.29, 1.82) is 0 Å². The highest BCUT2D eigenvalue weighted by Gasteiger charge is 2.64. The van der Waals surface area contributed by atoms with E-state index in [-0.39, 0.29) is 25.3 Å². The number of carbonyl (C=O) groups is 4. The van der Waals surface area contributed by atoms with Crippen LogP contribution in [0.15, 0.2) is 67.3 Å². The zero-order chi connectivity index (χ0) is 41.8. The Morgan fingerprint density at radius 3 is 2.26 bits per heavy atom. The number of carbonyl (C=O) groups excluding carboxylic acids is 4. The molecule has 0 bridgehead atoms. The van der Waals surface area contributed by atoms with Crippen LogP contribution >= 0.6 is 0 Å². The first-order valence-corrected chi connectivity index (χ1v) is 21.5. The number of ether oxygens (including phenoxy) is 2. The smallest absolute Gasteiger partial charge is 0.408 e. The molecule has 3 aromatic rings. The van der Waals surface area contributed by atoms with Crippen LogP contribution in [0.25, 0.3) is 22.3 Å². The molecular weight excluding hydrogens is 761 g/mol. The molecule has 7 rings (SSSR count). The zero-order valence-electron chi connectivity index (χ0n) is 34.0. The highest BCUT2D eigenvalue weighted by atomic mass is 32.2. The van der Waals surface area contributed by atoms with Gasteiger partial charge in [0.2, 0.25) is 27.7 Å². The molecule has 4 fully saturated rings. The third-order valence-electron chi connectivity index (χ3n) is 11.5. The molecule has 2 heterocycles. The Hall–Kier alpha value is -5.05. The number of aromatic nitrogens is 2. The third-order valence-corrected chi connectivity index (χ3v) is 13.7. The molecule has 0 unspecified atom stereocenters. The minimum Gasteiger partial charge on any atom is -0.472 e. The SMILES string of the molecule is C=C[C@@H]1C[C@]1(NC(=O)[C@@H]1C[C@@H](Oc2nc(-c3ccccc3)nc3ccccc23)CN1C(=O)[C@@H](NC(=O)OC(C)(C)C)C(C)(C)C)C(=O)NS(=O)(=O)C1(CC2CC2)CC1. The Labute approximate surface area is 340 Å². The number of nitrogens with zero attached hydrogens (tertiary/aromatic N) is 3. The van der Waals surface area contributed by atoms with Crippen molar-refractivity contribution in [2.45, 2.75) is 121 Å². The van der Waals surface area contributed by atoms with Crippen LogP contribution in [0.4, 0.5) is 4.79 Å². The van der Waals surface area contributed by atoms with Gasteiger partial charge in [-0.1, -0.05) is 82.2 Å². The summed E-state index contributed by atoms with van der Waals surface area (Å²) in [7, 11) is -4.03. The first-order chi connectivity index (χ1) is 27.2. The van der Waals surface area contributed by atoms with E-state index in [2.05, 4.69) is 21.9 Å². The molecule has 15 heteroatoms. The molecule has 3 aliphatic carbocycles. The minimum atomic E-state index is -4.03. The Balaban J connectivity index is 1.19. The van der Waals surface area contributed by atoms with E-state index in [1.54, 1.807) is 41.5 Å². The molecule has 1 aromatic heterocycles. The monoisotopic (exact) mass is 814 g/mol.